The van der Waals surface area contributed by atoms with Crippen molar-refractivity contribution in [1.29, 1.82) is 0 Å². The largest absolute Gasteiger partial charge is 0.468 e. The third kappa shape index (κ3) is 1.89. The van der Waals surface area contributed by atoms with Gasteiger partial charge in [0.15, 0.2) is 0 Å². The Bertz CT molecular complexity index is 923. The van der Waals surface area contributed by atoms with Gasteiger partial charge in [-0.05, 0) is 36.5 Å². The third-order valence-corrected chi connectivity index (χ3v) is 6.18. The van der Waals surface area contributed by atoms with Crippen molar-refractivity contribution in [2.24, 2.45) is 0 Å². The second-order valence-corrected chi connectivity index (χ2v) is 7.28. The molecule has 0 amide bonds. The Labute approximate surface area is 147 Å². The fraction of sp³-hybridized carbons (Fsp3) is 0.381. The molecule has 1 aromatic carbocycles. The van der Waals surface area contributed by atoms with Gasteiger partial charge in [0.25, 0.3) is 0 Å². The molecule has 4 nitrogen and oxygen atoms in total. The number of hydrogen-bond acceptors (Lipinski definition) is 3. The zero-order chi connectivity index (χ0) is 17.0. The number of rotatable bonds is 1. The number of carbonyl (C=O) groups excluding carboxylic acids is 1. The van der Waals surface area contributed by atoms with E-state index in [2.05, 4.69) is 46.3 Å². The summed E-state index contributed by atoms with van der Waals surface area (Å²) in [5.74, 6) is -0.113. The van der Waals surface area contributed by atoms with Gasteiger partial charge in [-0.15, -0.1) is 0 Å². The lowest BCUT2D eigenvalue weighted by Gasteiger charge is -2.46. The van der Waals surface area contributed by atoms with Crippen molar-refractivity contribution in [2.45, 2.75) is 30.7 Å². The van der Waals surface area contributed by atoms with E-state index in [0.717, 1.165) is 43.6 Å². The first-order chi connectivity index (χ1) is 12.3. The van der Waals surface area contributed by atoms with Crippen molar-refractivity contribution in [1.82, 2.24) is 9.88 Å². The number of methoxy groups -OCH3 is 1. The van der Waals surface area contributed by atoms with Gasteiger partial charge in [0, 0.05) is 29.7 Å². The Balaban J connectivity index is 1.84. The van der Waals surface area contributed by atoms with Crippen LogP contribution in [0.5, 0.6) is 0 Å². The van der Waals surface area contributed by atoms with Gasteiger partial charge in [-0.3, -0.25) is 9.69 Å². The van der Waals surface area contributed by atoms with Crippen molar-refractivity contribution in [3.05, 3.63) is 59.3 Å². The molecule has 0 bridgehead atoms. The van der Waals surface area contributed by atoms with E-state index < -0.39 is 5.41 Å². The fourth-order valence-electron chi connectivity index (χ4n) is 5.19. The fourth-order valence-corrected chi connectivity index (χ4v) is 5.19. The monoisotopic (exact) mass is 334 g/mol. The summed E-state index contributed by atoms with van der Waals surface area (Å²) in [6, 6.07) is 8.45. The second kappa shape index (κ2) is 5.33. The smallest absolute Gasteiger partial charge is 0.319 e. The Morgan fingerprint density at radius 2 is 2.24 bits per heavy atom. The molecule has 0 unspecified atom stereocenters. The first kappa shape index (κ1) is 15.0. The number of H-pyrrole nitrogens is 1. The number of aromatic nitrogens is 1. The maximum absolute atomic E-state index is 13.2. The summed E-state index contributed by atoms with van der Waals surface area (Å²) in [5.41, 5.74) is 4.10. The maximum atomic E-state index is 13.2. The highest BCUT2D eigenvalue weighted by Crippen LogP contribution is 2.48. The first-order valence-corrected chi connectivity index (χ1v) is 9.05. The summed E-state index contributed by atoms with van der Waals surface area (Å²) < 4.78 is 5.39. The van der Waals surface area contributed by atoms with Crippen molar-refractivity contribution in [2.75, 3.05) is 20.2 Å². The van der Waals surface area contributed by atoms with E-state index in [0.29, 0.717) is 0 Å². The van der Waals surface area contributed by atoms with Crippen LogP contribution in [0.25, 0.3) is 10.9 Å². The van der Waals surface area contributed by atoms with E-state index in [4.69, 9.17) is 4.74 Å². The van der Waals surface area contributed by atoms with Crippen LogP contribution < -0.4 is 0 Å². The van der Waals surface area contributed by atoms with E-state index in [1.54, 1.807) is 0 Å². The third-order valence-electron chi connectivity index (χ3n) is 6.18. The van der Waals surface area contributed by atoms with Gasteiger partial charge in [0.1, 0.15) is 5.41 Å². The first-order valence-electron chi connectivity index (χ1n) is 9.05. The van der Waals surface area contributed by atoms with Crippen molar-refractivity contribution in [3.63, 3.8) is 0 Å². The molecule has 5 rings (SSSR count). The van der Waals surface area contributed by atoms with Gasteiger partial charge < -0.3 is 9.72 Å². The lowest BCUT2D eigenvalue weighted by Crippen LogP contribution is -2.58. The van der Waals surface area contributed by atoms with Crippen LogP contribution in [-0.4, -0.2) is 42.1 Å². The highest BCUT2D eigenvalue weighted by atomic mass is 16.5. The molecule has 128 valence electrons. The highest BCUT2D eigenvalue weighted by Gasteiger charge is 2.56. The van der Waals surface area contributed by atoms with Crippen LogP contribution in [-0.2, 0) is 21.4 Å². The van der Waals surface area contributed by atoms with Crippen LogP contribution in [0.3, 0.4) is 0 Å². The number of fused-ring (bicyclic) bond motifs is 4. The average molecular weight is 334 g/mol. The second-order valence-electron chi connectivity index (χ2n) is 7.28. The van der Waals surface area contributed by atoms with Gasteiger partial charge >= 0.3 is 5.97 Å². The molecule has 3 heterocycles. The summed E-state index contributed by atoms with van der Waals surface area (Å²) in [6.07, 6.45) is 9.35. The molecule has 0 fully saturated rings. The van der Waals surface area contributed by atoms with E-state index in [1.807, 2.05) is 6.07 Å². The Morgan fingerprint density at radius 3 is 3.12 bits per heavy atom. The van der Waals surface area contributed by atoms with Gasteiger partial charge in [-0.1, -0.05) is 36.4 Å². The minimum Gasteiger partial charge on any atom is -0.468 e. The van der Waals surface area contributed by atoms with Gasteiger partial charge in [-0.25, -0.2) is 0 Å². The zero-order valence-electron chi connectivity index (χ0n) is 14.4. The van der Waals surface area contributed by atoms with Crippen LogP contribution in [0, 0.1) is 0 Å². The molecule has 0 spiro atoms. The maximum Gasteiger partial charge on any atom is 0.319 e. The standard InChI is InChI=1S/C21H22N2O2/c1-25-20(24)21-11-4-6-14-7-5-12-23(19(14)21)13-10-16-15-8-2-3-9-17(15)22-18(16)21/h2-3,5-9,19,22H,4,10-13H2,1H3/t19-,21+/m0/s1. The van der Waals surface area contributed by atoms with Crippen LogP contribution in [0.1, 0.15) is 24.1 Å². The molecule has 1 N–H and O–H groups in total. The van der Waals surface area contributed by atoms with Gasteiger partial charge in [-0.2, -0.15) is 0 Å². The summed E-state index contributed by atoms with van der Waals surface area (Å²) in [4.78, 5) is 19.3. The number of nitrogens with one attached hydrogen (secondary N) is 1. The van der Waals surface area contributed by atoms with E-state index in [-0.39, 0.29) is 12.0 Å². The molecule has 0 saturated carbocycles. The molecule has 1 aromatic heterocycles. The number of carbonyl (C=O) groups is 1. The lowest BCUT2D eigenvalue weighted by atomic mass is 9.66. The van der Waals surface area contributed by atoms with Crippen molar-refractivity contribution < 1.29 is 9.53 Å². The summed E-state index contributed by atoms with van der Waals surface area (Å²) in [5, 5.41) is 1.24. The number of para-hydroxylation sites is 1. The minimum atomic E-state index is -0.644. The quantitative estimate of drug-likeness (QED) is 0.815. The van der Waals surface area contributed by atoms with E-state index in [1.165, 1.54) is 23.6 Å². The number of benzene rings is 1. The molecule has 2 aromatic rings. The molecular weight excluding hydrogens is 312 g/mol. The van der Waals surface area contributed by atoms with E-state index in [9.17, 15) is 4.79 Å². The normalized spacial score (nSPS) is 28.0. The molecule has 25 heavy (non-hydrogen) atoms. The summed E-state index contributed by atoms with van der Waals surface area (Å²) >= 11 is 0. The molecule has 2 atom stereocenters. The minimum absolute atomic E-state index is 0.0630. The van der Waals surface area contributed by atoms with Crippen LogP contribution in [0.15, 0.2) is 48.1 Å². The predicted octanol–water partition coefficient (Wildman–Crippen LogP) is 3.10. The van der Waals surface area contributed by atoms with Crippen LogP contribution in [0.4, 0.5) is 0 Å². The van der Waals surface area contributed by atoms with Gasteiger partial charge in [0.2, 0.25) is 0 Å². The zero-order valence-corrected chi connectivity index (χ0v) is 14.4. The summed E-state index contributed by atoms with van der Waals surface area (Å²) in [6.45, 7) is 1.85. The molecule has 1 aliphatic carbocycles. The lowest BCUT2D eigenvalue weighted by molar-refractivity contribution is -0.150. The number of ether oxygens (including phenoxy) is 1. The molecule has 0 saturated heterocycles. The number of hydrogen-bond donors (Lipinski definition) is 1. The number of nitrogens with zero attached hydrogens (tertiary/aromatic N) is 1. The number of allylic oxidation sites excluding steroid dienone is 1. The van der Waals surface area contributed by atoms with E-state index >= 15 is 0 Å². The highest BCUT2D eigenvalue weighted by molar-refractivity contribution is 5.92. The molecule has 2 aliphatic heterocycles. The molecular formula is C21H22N2O2. The Hall–Kier alpha value is -2.33. The number of aromatic amines is 1. The molecule has 4 heteroatoms. The summed E-state index contributed by atoms with van der Waals surface area (Å²) in [7, 11) is 1.52. The molecule has 3 aliphatic rings. The van der Waals surface area contributed by atoms with Crippen LogP contribution in [0.2, 0.25) is 0 Å². The molecule has 0 radical (unpaired) electrons. The topological polar surface area (TPSA) is 45.3 Å². The number of esters is 1. The average Bonchev–Trinajstić information content (AvgIpc) is 2.97. The van der Waals surface area contributed by atoms with Crippen molar-refractivity contribution in [3.8, 4) is 0 Å². The van der Waals surface area contributed by atoms with Crippen molar-refractivity contribution >= 4 is 16.9 Å². The predicted molar refractivity (Wildman–Crippen MR) is 97.5 cm³/mol. The van der Waals surface area contributed by atoms with Gasteiger partial charge in [0.05, 0.1) is 13.2 Å². The Morgan fingerprint density at radius 1 is 1.36 bits per heavy atom. The SMILES string of the molecule is COC(=O)[C@]12CCC=C3C=CCN(CCc4c1[nH]c1ccccc41)[C@@H]32. The Kier molecular flexibility index (Phi) is 3.19. The van der Waals surface area contributed by atoms with Crippen LogP contribution >= 0.6 is 0 Å².